The molecular weight excluding hydrogens is 298 g/mol. The SMILES string of the molecule is O=C(/C=C/c1ccc2c(c1)CCO2)NCCCCc1ccccc1. The third-order valence-electron chi connectivity index (χ3n) is 4.17. The average molecular weight is 321 g/mol. The van der Waals surface area contributed by atoms with Crippen LogP contribution in [0.2, 0.25) is 0 Å². The van der Waals surface area contributed by atoms with E-state index in [0.29, 0.717) is 6.54 Å². The van der Waals surface area contributed by atoms with Crippen molar-refractivity contribution in [2.45, 2.75) is 25.7 Å². The van der Waals surface area contributed by atoms with E-state index in [-0.39, 0.29) is 5.91 Å². The molecule has 1 aliphatic heterocycles. The molecule has 0 spiro atoms. The lowest BCUT2D eigenvalue weighted by Crippen LogP contribution is -2.22. The molecule has 0 saturated heterocycles. The second kappa shape index (κ2) is 8.34. The highest BCUT2D eigenvalue weighted by atomic mass is 16.5. The normalized spacial score (nSPS) is 12.8. The molecule has 0 saturated carbocycles. The van der Waals surface area contributed by atoms with Crippen molar-refractivity contribution in [2.24, 2.45) is 0 Å². The smallest absolute Gasteiger partial charge is 0.243 e. The van der Waals surface area contributed by atoms with Gasteiger partial charge in [-0.05, 0) is 54.2 Å². The van der Waals surface area contributed by atoms with E-state index in [1.54, 1.807) is 6.08 Å². The number of carbonyl (C=O) groups is 1. The monoisotopic (exact) mass is 321 g/mol. The molecule has 2 aromatic rings. The van der Waals surface area contributed by atoms with E-state index in [4.69, 9.17) is 4.74 Å². The van der Waals surface area contributed by atoms with Gasteiger partial charge in [0.25, 0.3) is 0 Å². The first kappa shape index (κ1) is 16.3. The molecule has 0 unspecified atom stereocenters. The summed E-state index contributed by atoms with van der Waals surface area (Å²) in [6.45, 7) is 1.47. The van der Waals surface area contributed by atoms with Crippen molar-refractivity contribution in [2.75, 3.05) is 13.2 Å². The van der Waals surface area contributed by atoms with Crippen molar-refractivity contribution in [1.82, 2.24) is 5.32 Å². The summed E-state index contributed by atoms with van der Waals surface area (Å²) >= 11 is 0. The molecule has 124 valence electrons. The predicted molar refractivity (Wildman–Crippen MR) is 97.1 cm³/mol. The Morgan fingerprint density at radius 3 is 2.88 bits per heavy atom. The number of hydrogen-bond acceptors (Lipinski definition) is 2. The molecule has 0 aromatic heterocycles. The van der Waals surface area contributed by atoms with Gasteiger partial charge in [0.2, 0.25) is 5.91 Å². The Morgan fingerprint density at radius 1 is 1.12 bits per heavy atom. The number of hydrogen-bond donors (Lipinski definition) is 1. The molecule has 3 rings (SSSR count). The van der Waals surface area contributed by atoms with Crippen LogP contribution in [0.4, 0.5) is 0 Å². The van der Waals surface area contributed by atoms with Gasteiger partial charge >= 0.3 is 0 Å². The van der Waals surface area contributed by atoms with E-state index in [9.17, 15) is 4.79 Å². The molecule has 2 aromatic carbocycles. The molecule has 0 atom stereocenters. The van der Waals surface area contributed by atoms with Crippen LogP contribution in [0.3, 0.4) is 0 Å². The topological polar surface area (TPSA) is 38.3 Å². The lowest BCUT2D eigenvalue weighted by Gasteiger charge is -2.03. The Kier molecular flexibility index (Phi) is 5.67. The summed E-state index contributed by atoms with van der Waals surface area (Å²) in [6.07, 6.45) is 7.55. The number of ether oxygens (including phenoxy) is 1. The van der Waals surface area contributed by atoms with Crippen LogP contribution in [0.1, 0.15) is 29.5 Å². The van der Waals surface area contributed by atoms with Crippen LogP contribution in [0.15, 0.2) is 54.6 Å². The fraction of sp³-hybridized carbons (Fsp3) is 0.286. The van der Waals surface area contributed by atoms with E-state index in [1.165, 1.54) is 11.1 Å². The largest absolute Gasteiger partial charge is 0.493 e. The van der Waals surface area contributed by atoms with Crippen molar-refractivity contribution in [1.29, 1.82) is 0 Å². The third-order valence-corrected chi connectivity index (χ3v) is 4.17. The van der Waals surface area contributed by atoms with Crippen molar-refractivity contribution in [3.8, 4) is 5.75 Å². The first-order valence-electron chi connectivity index (χ1n) is 8.57. The lowest BCUT2D eigenvalue weighted by molar-refractivity contribution is -0.116. The number of nitrogens with one attached hydrogen (secondary N) is 1. The number of unbranched alkanes of at least 4 members (excludes halogenated alkanes) is 1. The summed E-state index contributed by atoms with van der Waals surface area (Å²) in [5.41, 5.74) is 3.61. The highest BCUT2D eigenvalue weighted by Crippen LogP contribution is 2.26. The molecule has 3 heteroatoms. The Labute approximate surface area is 143 Å². The summed E-state index contributed by atoms with van der Waals surface area (Å²) in [5, 5.41) is 2.94. The van der Waals surface area contributed by atoms with E-state index in [1.807, 2.05) is 24.3 Å². The maximum absolute atomic E-state index is 11.9. The maximum Gasteiger partial charge on any atom is 0.243 e. The van der Waals surface area contributed by atoms with Crippen molar-refractivity contribution in [3.63, 3.8) is 0 Å². The fourth-order valence-electron chi connectivity index (χ4n) is 2.85. The molecule has 0 radical (unpaired) electrons. The van der Waals surface area contributed by atoms with Gasteiger partial charge < -0.3 is 10.1 Å². The van der Waals surface area contributed by atoms with Crippen LogP contribution < -0.4 is 10.1 Å². The van der Waals surface area contributed by atoms with Gasteiger partial charge in [-0.25, -0.2) is 0 Å². The zero-order valence-electron chi connectivity index (χ0n) is 13.8. The highest BCUT2D eigenvalue weighted by Gasteiger charge is 2.11. The molecular formula is C21H23NO2. The Morgan fingerprint density at radius 2 is 2.00 bits per heavy atom. The van der Waals surface area contributed by atoms with E-state index < -0.39 is 0 Å². The summed E-state index contributed by atoms with van der Waals surface area (Å²) < 4.78 is 5.48. The van der Waals surface area contributed by atoms with Crippen molar-refractivity contribution < 1.29 is 9.53 Å². The Bertz CT molecular complexity index is 707. The molecule has 0 fully saturated rings. The van der Waals surface area contributed by atoms with Crippen LogP contribution >= 0.6 is 0 Å². The number of benzene rings is 2. The van der Waals surface area contributed by atoms with Gasteiger partial charge in [-0.15, -0.1) is 0 Å². The quantitative estimate of drug-likeness (QED) is 0.623. The molecule has 0 aliphatic carbocycles. The first-order valence-corrected chi connectivity index (χ1v) is 8.57. The maximum atomic E-state index is 11.9. The molecule has 1 heterocycles. The highest BCUT2D eigenvalue weighted by molar-refractivity contribution is 5.91. The molecule has 3 nitrogen and oxygen atoms in total. The third kappa shape index (κ3) is 4.72. The number of amides is 1. The minimum absolute atomic E-state index is 0.0357. The zero-order chi connectivity index (χ0) is 16.6. The molecule has 0 bridgehead atoms. The van der Waals surface area contributed by atoms with E-state index >= 15 is 0 Å². The minimum atomic E-state index is -0.0357. The minimum Gasteiger partial charge on any atom is -0.493 e. The summed E-state index contributed by atoms with van der Waals surface area (Å²) in [7, 11) is 0. The van der Waals surface area contributed by atoms with Crippen LogP contribution in [-0.4, -0.2) is 19.1 Å². The standard InChI is InChI=1S/C21H23NO2/c23-21(22-14-5-4-8-17-6-2-1-3-7-17)12-10-18-9-11-20-19(16-18)13-15-24-20/h1-3,6-7,9-12,16H,4-5,8,13-15H2,(H,22,23)/b12-10+. The predicted octanol–water partition coefficient (Wildman–Crippen LogP) is 3.77. The van der Waals surface area contributed by atoms with Crippen molar-refractivity contribution >= 4 is 12.0 Å². The van der Waals surface area contributed by atoms with Gasteiger partial charge in [-0.1, -0.05) is 36.4 Å². The molecule has 1 amide bonds. The second-order valence-corrected chi connectivity index (χ2v) is 6.03. The summed E-state index contributed by atoms with van der Waals surface area (Å²) in [5.74, 6) is 0.932. The van der Waals surface area contributed by atoms with Gasteiger partial charge in [0.05, 0.1) is 6.61 Å². The second-order valence-electron chi connectivity index (χ2n) is 6.03. The zero-order valence-corrected chi connectivity index (χ0v) is 13.8. The molecule has 1 aliphatic rings. The number of rotatable bonds is 7. The number of carbonyl (C=O) groups excluding carboxylic acids is 1. The van der Waals surface area contributed by atoms with Gasteiger partial charge in [-0.3, -0.25) is 4.79 Å². The van der Waals surface area contributed by atoms with Gasteiger partial charge in [0, 0.05) is 19.0 Å². The van der Waals surface area contributed by atoms with Gasteiger partial charge in [0.1, 0.15) is 5.75 Å². The van der Waals surface area contributed by atoms with E-state index in [2.05, 4.69) is 35.6 Å². The van der Waals surface area contributed by atoms with E-state index in [0.717, 1.165) is 43.6 Å². The Balaban J connectivity index is 1.36. The van der Waals surface area contributed by atoms with Crippen LogP contribution in [0, 0.1) is 0 Å². The fourth-order valence-corrected chi connectivity index (χ4v) is 2.85. The van der Waals surface area contributed by atoms with Crippen LogP contribution in [-0.2, 0) is 17.6 Å². The number of aryl methyl sites for hydroxylation is 1. The number of fused-ring (bicyclic) bond motifs is 1. The first-order chi connectivity index (χ1) is 11.8. The average Bonchev–Trinajstić information content (AvgIpc) is 3.08. The van der Waals surface area contributed by atoms with Gasteiger partial charge in [-0.2, -0.15) is 0 Å². The van der Waals surface area contributed by atoms with Gasteiger partial charge in [0.15, 0.2) is 0 Å². The molecule has 24 heavy (non-hydrogen) atoms. The van der Waals surface area contributed by atoms with Crippen LogP contribution in [0.25, 0.3) is 6.08 Å². The molecule has 1 N–H and O–H groups in total. The Hall–Kier alpha value is -2.55. The summed E-state index contributed by atoms with van der Waals surface area (Å²) in [6, 6.07) is 16.5. The van der Waals surface area contributed by atoms with Crippen LogP contribution in [0.5, 0.6) is 5.75 Å². The lowest BCUT2D eigenvalue weighted by atomic mass is 10.1. The van der Waals surface area contributed by atoms with Crippen molar-refractivity contribution in [3.05, 3.63) is 71.3 Å². The summed E-state index contributed by atoms with van der Waals surface area (Å²) in [4.78, 5) is 11.9.